The second-order valence-electron chi connectivity index (χ2n) is 4.38. The van der Waals surface area contributed by atoms with Gasteiger partial charge >= 0.3 is 0 Å². The topological polar surface area (TPSA) is 80.0 Å². The van der Waals surface area contributed by atoms with E-state index in [1.807, 2.05) is 18.2 Å². The molecule has 0 saturated carbocycles. The van der Waals surface area contributed by atoms with E-state index in [1.165, 1.54) is 5.56 Å². The molecule has 0 bridgehead atoms. The van der Waals surface area contributed by atoms with Crippen LogP contribution in [0.25, 0.3) is 0 Å². The van der Waals surface area contributed by atoms with Gasteiger partial charge in [-0.05, 0) is 29.7 Å². The molecule has 20 heavy (non-hydrogen) atoms. The van der Waals surface area contributed by atoms with Crippen molar-refractivity contribution >= 4 is 11.7 Å². The molecule has 5 nitrogen and oxygen atoms in total. The maximum Gasteiger partial charge on any atom is 0.251 e. The SMILES string of the molecule is CCc1ccccc1CNC(=O)c1ccnc(NN)c1. The molecule has 104 valence electrons. The third kappa shape index (κ3) is 3.33. The molecule has 0 aliphatic heterocycles. The number of nitrogens with two attached hydrogens (primary N) is 1. The summed E-state index contributed by atoms with van der Waals surface area (Å²) in [5, 5.41) is 2.91. The van der Waals surface area contributed by atoms with E-state index < -0.39 is 0 Å². The van der Waals surface area contributed by atoms with Crippen molar-refractivity contribution in [1.29, 1.82) is 0 Å². The highest BCUT2D eigenvalue weighted by molar-refractivity contribution is 5.94. The van der Waals surface area contributed by atoms with E-state index in [1.54, 1.807) is 18.3 Å². The molecule has 2 aromatic rings. The van der Waals surface area contributed by atoms with E-state index >= 15 is 0 Å². The monoisotopic (exact) mass is 270 g/mol. The molecule has 5 heteroatoms. The van der Waals surface area contributed by atoms with Crippen molar-refractivity contribution in [2.75, 3.05) is 5.43 Å². The summed E-state index contributed by atoms with van der Waals surface area (Å²) in [5.74, 6) is 5.60. The first-order valence-corrected chi connectivity index (χ1v) is 6.52. The fraction of sp³-hybridized carbons (Fsp3) is 0.200. The number of aryl methyl sites for hydroxylation is 1. The second-order valence-corrected chi connectivity index (χ2v) is 4.38. The molecule has 0 radical (unpaired) electrons. The minimum absolute atomic E-state index is 0.144. The largest absolute Gasteiger partial charge is 0.348 e. The Balaban J connectivity index is 2.04. The molecule has 0 saturated heterocycles. The van der Waals surface area contributed by atoms with Gasteiger partial charge in [0.1, 0.15) is 5.82 Å². The Kier molecular flexibility index (Phi) is 4.68. The fourth-order valence-electron chi connectivity index (χ4n) is 2.00. The summed E-state index contributed by atoms with van der Waals surface area (Å²) < 4.78 is 0. The third-order valence-corrected chi connectivity index (χ3v) is 3.11. The van der Waals surface area contributed by atoms with Crippen LogP contribution in [0.5, 0.6) is 0 Å². The van der Waals surface area contributed by atoms with E-state index in [0.717, 1.165) is 12.0 Å². The van der Waals surface area contributed by atoms with Crippen LogP contribution in [-0.2, 0) is 13.0 Å². The number of aromatic nitrogens is 1. The maximum atomic E-state index is 12.1. The van der Waals surface area contributed by atoms with E-state index in [0.29, 0.717) is 17.9 Å². The molecule has 1 aromatic heterocycles. The number of hydrogen-bond acceptors (Lipinski definition) is 4. The van der Waals surface area contributed by atoms with Gasteiger partial charge in [-0.25, -0.2) is 10.8 Å². The quantitative estimate of drug-likeness (QED) is 0.572. The molecule has 2 rings (SSSR count). The van der Waals surface area contributed by atoms with Crippen LogP contribution in [0.15, 0.2) is 42.6 Å². The van der Waals surface area contributed by atoms with Crippen molar-refractivity contribution in [2.45, 2.75) is 19.9 Å². The van der Waals surface area contributed by atoms with Gasteiger partial charge in [-0.1, -0.05) is 31.2 Å². The number of hydrogen-bond donors (Lipinski definition) is 3. The predicted octanol–water partition coefficient (Wildman–Crippen LogP) is 1.86. The summed E-state index contributed by atoms with van der Waals surface area (Å²) in [5.41, 5.74) is 5.33. The number of nitrogens with one attached hydrogen (secondary N) is 2. The molecule has 4 N–H and O–H groups in total. The lowest BCUT2D eigenvalue weighted by molar-refractivity contribution is 0.0951. The van der Waals surface area contributed by atoms with Crippen LogP contribution in [0.4, 0.5) is 5.82 Å². The van der Waals surface area contributed by atoms with Gasteiger partial charge in [-0.2, -0.15) is 0 Å². The van der Waals surface area contributed by atoms with Crippen molar-refractivity contribution < 1.29 is 4.79 Å². The Labute approximate surface area is 118 Å². The Morgan fingerprint density at radius 2 is 2.00 bits per heavy atom. The number of nitrogens with zero attached hydrogens (tertiary/aromatic N) is 1. The summed E-state index contributed by atoms with van der Waals surface area (Å²) in [7, 11) is 0. The molecule has 0 spiro atoms. The van der Waals surface area contributed by atoms with Crippen LogP contribution in [0.1, 0.15) is 28.4 Å². The molecule has 1 amide bonds. The van der Waals surface area contributed by atoms with Crippen molar-refractivity contribution in [3.05, 3.63) is 59.3 Å². The summed E-state index contributed by atoms with van der Waals surface area (Å²) in [4.78, 5) is 16.0. The Hall–Kier alpha value is -2.40. The number of carbonyl (C=O) groups excluding carboxylic acids is 1. The summed E-state index contributed by atoms with van der Waals surface area (Å²) in [6, 6.07) is 11.3. The van der Waals surface area contributed by atoms with Gasteiger partial charge in [-0.15, -0.1) is 0 Å². The van der Waals surface area contributed by atoms with Gasteiger partial charge in [-0.3, -0.25) is 4.79 Å². The van der Waals surface area contributed by atoms with Crippen molar-refractivity contribution in [2.24, 2.45) is 5.84 Å². The van der Waals surface area contributed by atoms with Crippen LogP contribution in [-0.4, -0.2) is 10.9 Å². The Morgan fingerprint density at radius 1 is 1.25 bits per heavy atom. The lowest BCUT2D eigenvalue weighted by Crippen LogP contribution is -2.23. The number of hydrazine groups is 1. The number of rotatable bonds is 5. The lowest BCUT2D eigenvalue weighted by atomic mass is 10.1. The molecular formula is C15H18N4O. The predicted molar refractivity (Wildman–Crippen MR) is 79.0 cm³/mol. The molecule has 0 atom stereocenters. The first-order valence-electron chi connectivity index (χ1n) is 6.52. The number of benzene rings is 1. The summed E-state index contributed by atoms with van der Waals surface area (Å²) in [6.07, 6.45) is 2.49. The number of nitrogen functional groups attached to an aromatic ring is 1. The third-order valence-electron chi connectivity index (χ3n) is 3.11. The van der Waals surface area contributed by atoms with Crippen molar-refractivity contribution in [3.63, 3.8) is 0 Å². The first kappa shape index (κ1) is 14.0. The van der Waals surface area contributed by atoms with Gasteiger partial charge in [0.25, 0.3) is 5.91 Å². The average molecular weight is 270 g/mol. The minimum Gasteiger partial charge on any atom is -0.348 e. The number of amides is 1. The number of anilines is 1. The highest BCUT2D eigenvalue weighted by Gasteiger charge is 2.07. The summed E-state index contributed by atoms with van der Waals surface area (Å²) in [6.45, 7) is 2.61. The molecule has 0 aliphatic rings. The van der Waals surface area contributed by atoms with Gasteiger partial charge in [0, 0.05) is 18.3 Å². The number of pyridine rings is 1. The minimum atomic E-state index is -0.144. The Bertz CT molecular complexity index is 598. The van der Waals surface area contributed by atoms with Crippen molar-refractivity contribution in [1.82, 2.24) is 10.3 Å². The fourth-order valence-corrected chi connectivity index (χ4v) is 2.00. The Morgan fingerprint density at radius 3 is 2.70 bits per heavy atom. The highest BCUT2D eigenvalue weighted by Crippen LogP contribution is 2.10. The average Bonchev–Trinajstić information content (AvgIpc) is 2.52. The molecule has 1 heterocycles. The standard InChI is InChI=1S/C15H18N4O/c1-2-11-5-3-4-6-13(11)10-18-15(20)12-7-8-17-14(9-12)19-16/h3-9H,2,10,16H2,1H3,(H,17,19)(H,18,20). The number of carbonyl (C=O) groups is 1. The zero-order chi connectivity index (χ0) is 14.4. The van der Waals surface area contributed by atoms with E-state index in [2.05, 4.69) is 28.7 Å². The maximum absolute atomic E-state index is 12.1. The van der Waals surface area contributed by atoms with Crippen LogP contribution in [0, 0.1) is 0 Å². The first-order chi connectivity index (χ1) is 9.74. The zero-order valence-corrected chi connectivity index (χ0v) is 11.4. The molecule has 1 aromatic carbocycles. The zero-order valence-electron chi connectivity index (χ0n) is 11.4. The smallest absolute Gasteiger partial charge is 0.251 e. The van der Waals surface area contributed by atoms with E-state index in [9.17, 15) is 4.79 Å². The van der Waals surface area contributed by atoms with Crippen LogP contribution < -0.4 is 16.6 Å². The van der Waals surface area contributed by atoms with Crippen LogP contribution >= 0.6 is 0 Å². The van der Waals surface area contributed by atoms with Gasteiger partial charge in [0.05, 0.1) is 0 Å². The molecule has 0 fully saturated rings. The van der Waals surface area contributed by atoms with Crippen molar-refractivity contribution in [3.8, 4) is 0 Å². The van der Waals surface area contributed by atoms with Gasteiger partial charge in [0.15, 0.2) is 0 Å². The second kappa shape index (κ2) is 6.68. The highest BCUT2D eigenvalue weighted by atomic mass is 16.1. The summed E-state index contributed by atoms with van der Waals surface area (Å²) >= 11 is 0. The molecule has 0 unspecified atom stereocenters. The van der Waals surface area contributed by atoms with Gasteiger partial charge < -0.3 is 10.7 Å². The van der Waals surface area contributed by atoms with Gasteiger partial charge in [0.2, 0.25) is 0 Å². The normalized spacial score (nSPS) is 10.1. The van der Waals surface area contributed by atoms with Crippen LogP contribution in [0.2, 0.25) is 0 Å². The molecular weight excluding hydrogens is 252 g/mol. The lowest BCUT2D eigenvalue weighted by Gasteiger charge is -2.09. The van der Waals surface area contributed by atoms with Crippen LogP contribution in [0.3, 0.4) is 0 Å². The molecule has 0 aliphatic carbocycles. The van der Waals surface area contributed by atoms with E-state index in [4.69, 9.17) is 5.84 Å². The van der Waals surface area contributed by atoms with E-state index in [-0.39, 0.29) is 5.91 Å².